The van der Waals surface area contributed by atoms with Gasteiger partial charge >= 0.3 is 0 Å². The van der Waals surface area contributed by atoms with Crippen LogP contribution in [0.1, 0.15) is 43.4 Å². The Morgan fingerprint density at radius 2 is 1.53 bits per heavy atom. The number of aryl methyl sites for hydroxylation is 1. The highest BCUT2D eigenvalue weighted by atomic mass is 14.1. The Bertz CT molecular complexity index is 484. The van der Waals surface area contributed by atoms with Gasteiger partial charge in [0, 0.05) is 0 Å². The summed E-state index contributed by atoms with van der Waals surface area (Å²) in [5, 5.41) is 0. The second-order valence-electron chi connectivity index (χ2n) is 5.53. The van der Waals surface area contributed by atoms with Crippen LogP contribution in [0.15, 0.2) is 54.6 Å². The lowest BCUT2D eigenvalue weighted by atomic mass is 9.96. The lowest BCUT2D eigenvalue weighted by molar-refractivity contribution is 0.516. The minimum atomic E-state index is 0.831. The number of hydrogen-bond acceptors (Lipinski definition) is 0. The highest BCUT2D eigenvalue weighted by molar-refractivity contribution is 5.29. The molecule has 1 unspecified atom stereocenters. The fourth-order valence-electron chi connectivity index (χ4n) is 2.34. The first-order valence-corrected chi connectivity index (χ1v) is 7.39. The average molecular weight is 252 g/mol. The van der Waals surface area contributed by atoms with Gasteiger partial charge in [-0.05, 0) is 41.9 Å². The Kier molecular flexibility index (Phi) is 5.20. The van der Waals surface area contributed by atoms with Crippen LogP contribution in [0.4, 0.5) is 0 Å². The SMILES string of the molecule is CCC(C)CCc1cccc(Cc2ccccc2)c1. The van der Waals surface area contributed by atoms with E-state index < -0.39 is 0 Å². The summed E-state index contributed by atoms with van der Waals surface area (Å²) in [6.07, 6.45) is 4.82. The number of hydrogen-bond donors (Lipinski definition) is 0. The molecule has 19 heavy (non-hydrogen) atoms. The van der Waals surface area contributed by atoms with Crippen LogP contribution in [0.5, 0.6) is 0 Å². The van der Waals surface area contributed by atoms with E-state index >= 15 is 0 Å². The van der Waals surface area contributed by atoms with Gasteiger partial charge in [0.25, 0.3) is 0 Å². The van der Waals surface area contributed by atoms with Gasteiger partial charge in [-0.15, -0.1) is 0 Å². The molecule has 100 valence electrons. The van der Waals surface area contributed by atoms with E-state index in [4.69, 9.17) is 0 Å². The number of rotatable bonds is 6. The lowest BCUT2D eigenvalue weighted by Crippen LogP contribution is -1.96. The minimum absolute atomic E-state index is 0.831. The third-order valence-electron chi connectivity index (χ3n) is 3.87. The molecule has 0 aliphatic rings. The summed E-state index contributed by atoms with van der Waals surface area (Å²) in [5.74, 6) is 0.831. The molecule has 0 radical (unpaired) electrons. The maximum Gasteiger partial charge on any atom is -0.00257 e. The molecule has 0 bridgehead atoms. The normalized spacial score (nSPS) is 12.3. The highest BCUT2D eigenvalue weighted by Crippen LogP contribution is 2.15. The van der Waals surface area contributed by atoms with E-state index in [2.05, 4.69) is 68.4 Å². The van der Waals surface area contributed by atoms with E-state index in [0.29, 0.717) is 0 Å². The molecule has 1 atom stereocenters. The minimum Gasteiger partial charge on any atom is -0.0651 e. The van der Waals surface area contributed by atoms with Crippen molar-refractivity contribution < 1.29 is 0 Å². The van der Waals surface area contributed by atoms with E-state index in [9.17, 15) is 0 Å². The fraction of sp³-hybridized carbons (Fsp3) is 0.368. The largest absolute Gasteiger partial charge is 0.0651 e. The lowest BCUT2D eigenvalue weighted by Gasteiger charge is -2.09. The topological polar surface area (TPSA) is 0 Å². The van der Waals surface area contributed by atoms with Gasteiger partial charge in [-0.2, -0.15) is 0 Å². The maximum absolute atomic E-state index is 2.37. The third-order valence-corrected chi connectivity index (χ3v) is 3.87. The first-order chi connectivity index (χ1) is 9.28. The molecule has 0 heteroatoms. The molecule has 0 aliphatic carbocycles. The van der Waals surface area contributed by atoms with Crippen molar-refractivity contribution in [3.05, 3.63) is 71.3 Å². The van der Waals surface area contributed by atoms with Gasteiger partial charge in [0.2, 0.25) is 0 Å². The Balaban J connectivity index is 1.99. The first-order valence-electron chi connectivity index (χ1n) is 7.39. The van der Waals surface area contributed by atoms with Crippen molar-refractivity contribution in [2.75, 3.05) is 0 Å². The van der Waals surface area contributed by atoms with E-state index in [1.165, 1.54) is 36.0 Å². The quantitative estimate of drug-likeness (QED) is 0.658. The summed E-state index contributed by atoms with van der Waals surface area (Å²) in [6.45, 7) is 4.62. The smallest absolute Gasteiger partial charge is 0.00257 e. The standard InChI is InChI=1S/C19H24/c1-3-16(2)12-13-18-10-7-11-19(15-18)14-17-8-5-4-6-9-17/h4-11,15-16H,3,12-14H2,1-2H3. The van der Waals surface area contributed by atoms with Crippen LogP contribution in [-0.2, 0) is 12.8 Å². The van der Waals surface area contributed by atoms with Gasteiger partial charge in [-0.1, -0.05) is 74.9 Å². The summed E-state index contributed by atoms with van der Waals surface area (Å²) in [7, 11) is 0. The van der Waals surface area contributed by atoms with E-state index in [1.807, 2.05) is 0 Å². The second kappa shape index (κ2) is 7.13. The molecular formula is C19H24. The summed E-state index contributed by atoms with van der Waals surface area (Å²) in [6, 6.07) is 19.8. The molecule has 0 spiro atoms. The Morgan fingerprint density at radius 1 is 0.842 bits per heavy atom. The first kappa shape index (κ1) is 13.9. The summed E-state index contributed by atoms with van der Waals surface area (Å²) < 4.78 is 0. The zero-order valence-corrected chi connectivity index (χ0v) is 12.1. The molecule has 0 fully saturated rings. The molecule has 0 amide bonds. The van der Waals surface area contributed by atoms with Crippen LogP contribution in [0.25, 0.3) is 0 Å². The van der Waals surface area contributed by atoms with E-state index in [-0.39, 0.29) is 0 Å². The van der Waals surface area contributed by atoms with Crippen molar-refractivity contribution in [1.82, 2.24) is 0 Å². The van der Waals surface area contributed by atoms with Crippen molar-refractivity contribution in [2.24, 2.45) is 5.92 Å². The van der Waals surface area contributed by atoms with Crippen LogP contribution >= 0.6 is 0 Å². The van der Waals surface area contributed by atoms with Gasteiger partial charge in [-0.25, -0.2) is 0 Å². The maximum atomic E-state index is 2.37. The molecule has 0 aliphatic heterocycles. The van der Waals surface area contributed by atoms with Crippen LogP contribution in [0.3, 0.4) is 0 Å². The highest BCUT2D eigenvalue weighted by Gasteiger charge is 2.02. The van der Waals surface area contributed by atoms with Crippen LogP contribution in [-0.4, -0.2) is 0 Å². The molecule has 2 aromatic carbocycles. The second-order valence-corrected chi connectivity index (χ2v) is 5.53. The zero-order valence-electron chi connectivity index (χ0n) is 12.1. The molecule has 0 saturated carbocycles. The van der Waals surface area contributed by atoms with Crippen LogP contribution in [0, 0.1) is 5.92 Å². The molecule has 2 aromatic rings. The Hall–Kier alpha value is -1.56. The van der Waals surface area contributed by atoms with Gasteiger partial charge in [0.1, 0.15) is 0 Å². The van der Waals surface area contributed by atoms with E-state index in [1.54, 1.807) is 0 Å². The van der Waals surface area contributed by atoms with E-state index in [0.717, 1.165) is 12.3 Å². The molecular weight excluding hydrogens is 228 g/mol. The molecule has 0 aromatic heterocycles. The molecule has 0 N–H and O–H groups in total. The average Bonchev–Trinajstić information content (AvgIpc) is 2.46. The van der Waals surface area contributed by atoms with Gasteiger partial charge in [0.05, 0.1) is 0 Å². The summed E-state index contributed by atoms with van der Waals surface area (Å²) >= 11 is 0. The third kappa shape index (κ3) is 4.55. The summed E-state index contributed by atoms with van der Waals surface area (Å²) in [4.78, 5) is 0. The monoisotopic (exact) mass is 252 g/mol. The van der Waals surface area contributed by atoms with Crippen LogP contribution < -0.4 is 0 Å². The van der Waals surface area contributed by atoms with Crippen molar-refractivity contribution in [3.8, 4) is 0 Å². The summed E-state index contributed by atoms with van der Waals surface area (Å²) in [5.41, 5.74) is 4.29. The van der Waals surface area contributed by atoms with Crippen molar-refractivity contribution in [2.45, 2.75) is 39.5 Å². The Morgan fingerprint density at radius 3 is 2.26 bits per heavy atom. The van der Waals surface area contributed by atoms with Gasteiger partial charge < -0.3 is 0 Å². The Labute approximate surface area is 117 Å². The predicted molar refractivity (Wildman–Crippen MR) is 83.5 cm³/mol. The molecule has 0 saturated heterocycles. The number of benzene rings is 2. The van der Waals surface area contributed by atoms with Crippen LogP contribution in [0.2, 0.25) is 0 Å². The van der Waals surface area contributed by atoms with Gasteiger partial charge in [0.15, 0.2) is 0 Å². The van der Waals surface area contributed by atoms with Crippen molar-refractivity contribution in [1.29, 1.82) is 0 Å². The zero-order chi connectivity index (χ0) is 13.5. The fourth-order valence-corrected chi connectivity index (χ4v) is 2.34. The molecule has 0 heterocycles. The van der Waals surface area contributed by atoms with Crippen molar-refractivity contribution in [3.63, 3.8) is 0 Å². The van der Waals surface area contributed by atoms with Crippen molar-refractivity contribution >= 4 is 0 Å². The predicted octanol–water partition coefficient (Wildman–Crippen LogP) is 5.26. The molecule has 0 nitrogen and oxygen atoms in total. The van der Waals surface area contributed by atoms with Gasteiger partial charge in [-0.3, -0.25) is 0 Å². The molecule has 2 rings (SSSR count).